The van der Waals surface area contributed by atoms with Gasteiger partial charge in [-0.05, 0) is 30.3 Å². The summed E-state index contributed by atoms with van der Waals surface area (Å²) >= 11 is 7.65. The molecule has 0 saturated carbocycles. The molecule has 158 valence electrons. The molecule has 2 aromatic heterocycles. The Labute approximate surface area is 188 Å². The number of thioether (sulfide) groups is 1. The van der Waals surface area contributed by atoms with Crippen LogP contribution in [-0.2, 0) is 11.3 Å². The smallest absolute Gasteiger partial charge is 0.230 e. The van der Waals surface area contributed by atoms with Crippen molar-refractivity contribution in [3.63, 3.8) is 0 Å². The number of carbonyl (C=O) groups is 1. The van der Waals surface area contributed by atoms with Crippen LogP contribution in [-0.4, -0.2) is 33.5 Å². The number of hydrogen-bond donors (Lipinski definition) is 1. The molecule has 2 aromatic carbocycles. The van der Waals surface area contributed by atoms with Crippen LogP contribution in [0, 0.1) is 0 Å². The van der Waals surface area contributed by atoms with E-state index < -0.39 is 0 Å². The largest absolute Gasteiger partial charge is 0.495 e. The first-order valence-corrected chi connectivity index (χ1v) is 10.8. The monoisotopic (exact) mass is 454 g/mol. The Morgan fingerprint density at radius 3 is 2.71 bits per heavy atom. The fourth-order valence-electron chi connectivity index (χ4n) is 2.94. The molecular formula is C22H19ClN4O3S. The molecule has 0 aliphatic heterocycles. The molecule has 0 spiro atoms. The third kappa shape index (κ3) is 4.92. The number of methoxy groups -OCH3 is 1. The van der Waals surface area contributed by atoms with Gasteiger partial charge in [0.2, 0.25) is 5.91 Å². The van der Waals surface area contributed by atoms with Crippen molar-refractivity contribution in [1.82, 2.24) is 20.1 Å². The third-order valence-corrected chi connectivity index (χ3v) is 5.66. The van der Waals surface area contributed by atoms with Gasteiger partial charge in [0.1, 0.15) is 11.5 Å². The van der Waals surface area contributed by atoms with Crippen LogP contribution in [0.15, 0.2) is 76.5 Å². The molecule has 0 aliphatic carbocycles. The highest BCUT2D eigenvalue weighted by Crippen LogP contribution is 2.32. The summed E-state index contributed by atoms with van der Waals surface area (Å²) in [6.07, 6.45) is 1.57. The Hall–Kier alpha value is -3.23. The minimum Gasteiger partial charge on any atom is -0.495 e. The molecule has 0 bridgehead atoms. The second-order valence-electron chi connectivity index (χ2n) is 6.47. The van der Waals surface area contributed by atoms with Crippen LogP contribution in [0.4, 0.5) is 0 Å². The molecular weight excluding hydrogens is 436 g/mol. The lowest BCUT2D eigenvalue weighted by atomic mass is 10.2. The van der Waals surface area contributed by atoms with E-state index >= 15 is 0 Å². The summed E-state index contributed by atoms with van der Waals surface area (Å²) in [5.41, 5.74) is 1.67. The highest BCUT2D eigenvalue weighted by molar-refractivity contribution is 7.99. The number of furan rings is 1. The first kappa shape index (κ1) is 21.0. The van der Waals surface area contributed by atoms with E-state index in [0.717, 1.165) is 11.3 Å². The number of hydrogen-bond acceptors (Lipinski definition) is 6. The van der Waals surface area contributed by atoms with Gasteiger partial charge in [0.05, 0.1) is 36.4 Å². The lowest BCUT2D eigenvalue weighted by Crippen LogP contribution is -2.24. The number of nitrogens with zero attached hydrogens (tertiary/aromatic N) is 3. The van der Waals surface area contributed by atoms with Gasteiger partial charge in [-0.2, -0.15) is 0 Å². The fraction of sp³-hybridized carbons (Fsp3) is 0.136. The third-order valence-electron chi connectivity index (χ3n) is 4.43. The number of ether oxygens (including phenoxy) is 1. The molecule has 0 atom stereocenters. The molecule has 1 amide bonds. The number of rotatable bonds is 8. The van der Waals surface area contributed by atoms with Crippen LogP contribution < -0.4 is 10.1 Å². The van der Waals surface area contributed by atoms with Crippen LogP contribution in [0.5, 0.6) is 5.75 Å². The van der Waals surface area contributed by atoms with Gasteiger partial charge in [0.25, 0.3) is 0 Å². The average Bonchev–Trinajstić information content (AvgIpc) is 3.47. The van der Waals surface area contributed by atoms with Gasteiger partial charge in [-0.15, -0.1) is 10.2 Å². The maximum absolute atomic E-state index is 12.3. The molecule has 0 aliphatic rings. The van der Waals surface area contributed by atoms with Crippen LogP contribution in [0.1, 0.15) is 5.76 Å². The van der Waals surface area contributed by atoms with E-state index in [1.165, 1.54) is 11.8 Å². The second kappa shape index (κ2) is 9.72. The lowest BCUT2D eigenvalue weighted by Gasteiger charge is -2.12. The Bertz CT molecular complexity index is 1160. The molecule has 0 saturated heterocycles. The standard InChI is InChI=1S/C22H19ClN4O3S/c1-29-19-10-9-16(12-18(19)23)27-21(15-6-3-2-4-7-15)25-26-22(27)31-14-20(28)24-13-17-8-5-11-30-17/h2-12H,13-14H2,1H3,(H,24,28). The van der Waals surface area contributed by atoms with Crippen molar-refractivity contribution in [2.75, 3.05) is 12.9 Å². The van der Waals surface area contributed by atoms with Crippen molar-refractivity contribution >= 4 is 29.3 Å². The zero-order valence-electron chi connectivity index (χ0n) is 16.6. The Balaban J connectivity index is 1.59. The van der Waals surface area contributed by atoms with Crippen molar-refractivity contribution in [1.29, 1.82) is 0 Å². The van der Waals surface area contributed by atoms with Gasteiger partial charge in [-0.3, -0.25) is 9.36 Å². The molecule has 0 fully saturated rings. The van der Waals surface area contributed by atoms with Gasteiger partial charge >= 0.3 is 0 Å². The molecule has 31 heavy (non-hydrogen) atoms. The quantitative estimate of drug-likeness (QED) is 0.392. The SMILES string of the molecule is COc1ccc(-n2c(SCC(=O)NCc3ccco3)nnc2-c2ccccc2)cc1Cl. The van der Waals surface area contributed by atoms with Gasteiger partial charge in [-0.25, -0.2) is 0 Å². The summed E-state index contributed by atoms with van der Waals surface area (Å²) in [6.45, 7) is 0.336. The van der Waals surface area contributed by atoms with Crippen molar-refractivity contribution in [3.05, 3.63) is 77.7 Å². The topological polar surface area (TPSA) is 82.2 Å². The van der Waals surface area contributed by atoms with Gasteiger partial charge < -0.3 is 14.5 Å². The summed E-state index contributed by atoms with van der Waals surface area (Å²) in [4.78, 5) is 12.3. The normalized spacial score (nSPS) is 10.8. The predicted octanol–water partition coefficient (Wildman–Crippen LogP) is 4.60. The van der Waals surface area contributed by atoms with E-state index in [-0.39, 0.29) is 11.7 Å². The first-order chi connectivity index (χ1) is 15.2. The molecule has 0 radical (unpaired) electrons. The van der Waals surface area contributed by atoms with E-state index in [2.05, 4.69) is 15.5 Å². The molecule has 7 nitrogen and oxygen atoms in total. The summed E-state index contributed by atoms with van der Waals surface area (Å²) in [6, 6.07) is 18.8. The maximum atomic E-state index is 12.3. The molecule has 2 heterocycles. The highest BCUT2D eigenvalue weighted by atomic mass is 35.5. The number of amides is 1. The van der Waals surface area contributed by atoms with Crippen LogP contribution in [0.25, 0.3) is 17.1 Å². The molecule has 4 aromatic rings. The van der Waals surface area contributed by atoms with E-state index in [4.69, 9.17) is 20.8 Å². The molecule has 1 N–H and O–H groups in total. The number of benzene rings is 2. The molecule has 9 heteroatoms. The highest BCUT2D eigenvalue weighted by Gasteiger charge is 2.18. The zero-order chi connectivity index (χ0) is 21.6. The van der Waals surface area contributed by atoms with Crippen LogP contribution in [0.3, 0.4) is 0 Å². The number of halogens is 1. The lowest BCUT2D eigenvalue weighted by molar-refractivity contribution is -0.118. The van der Waals surface area contributed by atoms with Crippen molar-refractivity contribution in [2.45, 2.75) is 11.7 Å². The van der Waals surface area contributed by atoms with E-state index in [0.29, 0.717) is 34.1 Å². The first-order valence-electron chi connectivity index (χ1n) is 9.42. The minimum atomic E-state index is -0.134. The average molecular weight is 455 g/mol. The number of nitrogens with one attached hydrogen (secondary N) is 1. The molecule has 0 unspecified atom stereocenters. The minimum absolute atomic E-state index is 0.134. The van der Waals surface area contributed by atoms with E-state index in [1.807, 2.05) is 47.0 Å². The van der Waals surface area contributed by atoms with Gasteiger partial charge in [-0.1, -0.05) is 53.7 Å². The van der Waals surface area contributed by atoms with E-state index in [9.17, 15) is 4.79 Å². The van der Waals surface area contributed by atoms with Gasteiger partial charge in [0.15, 0.2) is 11.0 Å². The maximum Gasteiger partial charge on any atom is 0.230 e. The fourth-order valence-corrected chi connectivity index (χ4v) is 3.98. The summed E-state index contributed by atoms with van der Waals surface area (Å²) in [5, 5.41) is 12.6. The number of aromatic nitrogens is 3. The molecule has 4 rings (SSSR count). The summed E-state index contributed by atoms with van der Waals surface area (Å²) in [7, 11) is 1.57. The summed E-state index contributed by atoms with van der Waals surface area (Å²) < 4.78 is 12.4. The predicted molar refractivity (Wildman–Crippen MR) is 120 cm³/mol. The van der Waals surface area contributed by atoms with Crippen molar-refractivity contribution in [2.24, 2.45) is 0 Å². The van der Waals surface area contributed by atoms with Gasteiger partial charge in [0, 0.05) is 5.56 Å². The number of carbonyl (C=O) groups excluding carboxylic acids is 1. The Morgan fingerprint density at radius 2 is 2.00 bits per heavy atom. The van der Waals surface area contributed by atoms with Crippen molar-refractivity contribution < 1.29 is 13.9 Å². The van der Waals surface area contributed by atoms with Crippen molar-refractivity contribution in [3.8, 4) is 22.8 Å². The second-order valence-corrected chi connectivity index (χ2v) is 7.82. The van der Waals surface area contributed by atoms with E-state index in [1.54, 1.807) is 31.6 Å². The van der Waals surface area contributed by atoms with Crippen LogP contribution >= 0.6 is 23.4 Å². The Kier molecular flexibility index (Phi) is 6.59. The van der Waals surface area contributed by atoms with Crippen LogP contribution in [0.2, 0.25) is 5.02 Å². The summed E-state index contributed by atoms with van der Waals surface area (Å²) in [5.74, 6) is 1.97. The zero-order valence-corrected chi connectivity index (χ0v) is 18.2. The Morgan fingerprint density at radius 1 is 1.16 bits per heavy atom.